The summed E-state index contributed by atoms with van der Waals surface area (Å²) in [5.41, 5.74) is 8.12. The van der Waals surface area contributed by atoms with Crippen molar-refractivity contribution >= 4 is 37.2 Å². The van der Waals surface area contributed by atoms with Crippen LogP contribution in [0.25, 0.3) is 20.2 Å². The number of nitrogens with zero attached hydrogens (tertiary/aromatic N) is 1. The van der Waals surface area contributed by atoms with Crippen molar-refractivity contribution in [2.75, 3.05) is 0 Å². The molecular weight excluding hydrogens is 306 g/mol. The molecule has 0 unspecified atom stereocenters. The first-order valence-corrected chi connectivity index (χ1v) is 8.56. The zero-order chi connectivity index (χ0) is 17.2. The van der Waals surface area contributed by atoms with Crippen molar-refractivity contribution in [3.8, 4) is 0 Å². The summed E-state index contributed by atoms with van der Waals surface area (Å²) in [4.78, 5) is 11.3. The van der Waals surface area contributed by atoms with Crippen LogP contribution >= 0.6 is 11.3 Å². The van der Waals surface area contributed by atoms with Gasteiger partial charge in [-0.15, -0.1) is 11.3 Å². The van der Waals surface area contributed by atoms with Gasteiger partial charge in [0.2, 0.25) is 0 Å². The molecule has 0 atom stereocenters. The molecule has 0 radical (unpaired) electrons. The number of hydrogen-bond acceptors (Lipinski definition) is 3. The van der Waals surface area contributed by atoms with Crippen LogP contribution in [-0.2, 0) is 0 Å². The molecule has 120 valence electrons. The van der Waals surface area contributed by atoms with Gasteiger partial charge in [-0.2, -0.15) is 0 Å². The highest BCUT2D eigenvalue weighted by atomic mass is 32.1. The van der Waals surface area contributed by atoms with Crippen molar-refractivity contribution in [2.24, 2.45) is 0 Å². The highest BCUT2D eigenvalue weighted by molar-refractivity contribution is 7.26. The minimum atomic E-state index is -0.238. The maximum absolute atomic E-state index is 11.5. The van der Waals surface area contributed by atoms with Crippen molar-refractivity contribution in [3.05, 3.63) is 49.1 Å². The van der Waals surface area contributed by atoms with Gasteiger partial charge in [-0.05, 0) is 76.3 Å². The lowest BCUT2D eigenvalue weighted by Gasteiger charge is -2.12. The van der Waals surface area contributed by atoms with Crippen LogP contribution in [0.3, 0.4) is 0 Å². The molecule has 0 aliphatic rings. The van der Waals surface area contributed by atoms with E-state index in [0.717, 1.165) is 21.4 Å². The van der Waals surface area contributed by atoms with Crippen LogP contribution in [0.5, 0.6) is 0 Å². The lowest BCUT2D eigenvalue weighted by molar-refractivity contribution is -0.385. The van der Waals surface area contributed by atoms with Gasteiger partial charge in [0, 0.05) is 31.3 Å². The van der Waals surface area contributed by atoms with E-state index in [0.29, 0.717) is 0 Å². The van der Waals surface area contributed by atoms with E-state index >= 15 is 0 Å². The predicted octanol–water partition coefficient (Wildman–Crippen LogP) is 6.12. The Morgan fingerprint density at radius 1 is 0.652 bits per heavy atom. The van der Waals surface area contributed by atoms with Gasteiger partial charge in [-0.3, -0.25) is 10.1 Å². The highest BCUT2D eigenvalue weighted by Crippen LogP contribution is 2.46. The minimum Gasteiger partial charge on any atom is -0.258 e. The Balaban J connectivity index is 2.70. The summed E-state index contributed by atoms with van der Waals surface area (Å²) in [5.74, 6) is 0. The summed E-state index contributed by atoms with van der Waals surface area (Å²) in [6, 6.07) is 0. The van der Waals surface area contributed by atoms with Crippen LogP contribution in [0.1, 0.15) is 38.9 Å². The van der Waals surface area contributed by atoms with E-state index in [9.17, 15) is 10.1 Å². The summed E-state index contributed by atoms with van der Waals surface area (Å²) in [6.45, 7) is 14.4. The Bertz CT molecular complexity index is 1010. The predicted molar refractivity (Wildman–Crippen MR) is 99.1 cm³/mol. The van der Waals surface area contributed by atoms with E-state index in [2.05, 4.69) is 27.7 Å². The molecule has 0 saturated heterocycles. The molecular formula is C19H21NO2S. The number of thiophene rings is 1. The van der Waals surface area contributed by atoms with E-state index in [-0.39, 0.29) is 10.6 Å². The van der Waals surface area contributed by atoms with Crippen LogP contribution in [0, 0.1) is 58.6 Å². The van der Waals surface area contributed by atoms with E-state index < -0.39 is 0 Å². The number of aryl methyl sites for hydroxylation is 4. The monoisotopic (exact) mass is 327 g/mol. The second-order valence-corrected chi connectivity index (χ2v) is 7.51. The third-order valence-electron chi connectivity index (χ3n) is 5.48. The molecule has 0 saturated carbocycles. The Labute approximate surface area is 140 Å². The second kappa shape index (κ2) is 5.03. The van der Waals surface area contributed by atoms with Gasteiger partial charge in [0.05, 0.1) is 4.92 Å². The van der Waals surface area contributed by atoms with Crippen molar-refractivity contribution in [1.29, 1.82) is 0 Å². The maximum Gasteiger partial charge on any atom is 0.276 e. The lowest BCUT2D eigenvalue weighted by atomic mass is 9.91. The molecule has 0 bridgehead atoms. The van der Waals surface area contributed by atoms with Crippen LogP contribution in [0.15, 0.2) is 0 Å². The fourth-order valence-electron chi connectivity index (χ4n) is 3.62. The number of nitro benzene ring substituents is 1. The average molecular weight is 327 g/mol. The minimum absolute atomic E-state index is 0.238. The summed E-state index contributed by atoms with van der Waals surface area (Å²) < 4.78 is 2.33. The van der Waals surface area contributed by atoms with Crippen LogP contribution in [0.4, 0.5) is 5.69 Å². The van der Waals surface area contributed by atoms with Crippen LogP contribution in [-0.4, -0.2) is 4.92 Å². The molecule has 3 rings (SSSR count). The zero-order valence-electron chi connectivity index (χ0n) is 14.7. The Morgan fingerprint density at radius 3 is 1.61 bits per heavy atom. The van der Waals surface area contributed by atoms with E-state index in [1.54, 1.807) is 11.3 Å². The van der Waals surface area contributed by atoms with Gasteiger partial charge in [0.25, 0.3) is 5.69 Å². The fourth-order valence-corrected chi connectivity index (χ4v) is 5.10. The largest absolute Gasteiger partial charge is 0.276 e. The molecule has 1 aromatic heterocycles. The number of fused-ring (bicyclic) bond motifs is 3. The number of rotatable bonds is 1. The number of nitro groups is 1. The second-order valence-electron chi connectivity index (χ2n) is 6.49. The summed E-state index contributed by atoms with van der Waals surface area (Å²) in [6.07, 6.45) is 0. The molecule has 3 nitrogen and oxygen atoms in total. The van der Waals surface area contributed by atoms with Gasteiger partial charge >= 0.3 is 0 Å². The first-order chi connectivity index (χ1) is 10.7. The van der Waals surface area contributed by atoms with Gasteiger partial charge in [-0.1, -0.05) is 0 Å². The van der Waals surface area contributed by atoms with Crippen molar-refractivity contribution in [2.45, 2.75) is 48.5 Å². The Kier molecular flexibility index (Phi) is 3.49. The van der Waals surface area contributed by atoms with Crippen molar-refractivity contribution < 1.29 is 4.92 Å². The first kappa shape index (κ1) is 15.9. The van der Waals surface area contributed by atoms with Gasteiger partial charge < -0.3 is 0 Å². The molecule has 0 amide bonds. The molecule has 2 aromatic carbocycles. The summed E-state index contributed by atoms with van der Waals surface area (Å²) in [7, 11) is 0. The SMILES string of the molecule is Cc1c(C)c(C)c2c(sc3c(C)c([N+](=O)[O-])c(C)c(C)c32)c1C. The third-order valence-corrected chi connectivity index (χ3v) is 6.91. The van der Waals surface area contributed by atoms with Crippen LogP contribution in [0.2, 0.25) is 0 Å². The normalized spacial score (nSPS) is 11.6. The smallest absolute Gasteiger partial charge is 0.258 e. The molecule has 4 heteroatoms. The van der Waals surface area contributed by atoms with Gasteiger partial charge in [0.15, 0.2) is 0 Å². The molecule has 0 aliphatic heterocycles. The average Bonchev–Trinajstić information content (AvgIpc) is 2.89. The molecule has 0 N–H and O–H groups in total. The van der Waals surface area contributed by atoms with Crippen LogP contribution < -0.4 is 0 Å². The van der Waals surface area contributed by atoms with Gasteiger partial charge in [-0.25, -0.2) is 0 Å². The molecule has 0 fully saturated rings. The molecule has 3 aromatic rings. The van der Waals surface area contributed by atoms with Gasteiger partial charge in [0.1, 0.15) is 0 Å². The number of hydrogen-bond donors (Lipinski definition) is 0. The first-order valence-electron chi connectivity index (χ1n) is 7.75. The highest BCUT2D eigenvalue weighted by Gasteiger charge is 2.25. The maximum atomic E-state index is 11.5. The summed E-state index contributed by atoms with van der Waals surface area (Å²) >= 11 is 1.70. The topological polar surface area (TPSA) is 43.1 Å². The standard InChI is InChI=1S/C19H21NO2S/c1-8-9(2)13(6)18-15(10(8)3)16-11(4)12(5)17(20(21)22)14(7)19(16)23-18/h1-7H3. The third kappa shape index (κ3) is 1.94. The summed E-state index contributed by atoms with van der Waals surface area (Å²) in [5, 5.41) is 14.0. The molecule has 1 heterocycles. The van der Waals surface area contributed by atoms with E-state index in [1.165, 1.54) is 37.7 Å². The quantitative estimate of drug-likeness (QED) is 0.399. The Hall–Kier alpha value is -1.94. The van der Waals surface area contributed by atoms with Crippen molar-refractivity contribution in [1.82, 2.24) is 0 Å². The van der Waals surface area contributed by atoms with Crippen molar-refractivity contribution in [3.63, 3.8) is 0 Å². The van der Waals surface area contributed by atoms with E-state index in [1.807, 2.05) is 20.8 Å². The lowest BCUT2D eigenvalue weighted by Crippen LogP contribution is -1.98. The molecule has 0 aliphatic carbocycles. The number of benzene rings is 2. The molecule has 0 spiro atoms. The zero-order valence-corrected chi connectivity index (χ0v) is 15.5. The van der Waals surface area contributed by atoms with E-state index in [4.69, 9.17) is 0 Å². The molecule has 23 heavy (non-hydrogen) atoms. The fraction of sp³-hybridized carbons (Fsp3) is 0.368. The Morgan fingerprint density at radius 2 is 1.09 bits per heavy atom.